The zero-order chi connectivity index (χ0) is 13.2. The van der Waals surface area contributed by atoms with Gasteiger partial charge in [0.1, 0.15) is 0 Å². The maximum atomic E-state index is 6.29. The van der Waals surface area contributed by atoms with E-state index in [4.69, 9.17) is 10.3 Å². The number of hydrogen-bond acceptors (Lipinski definition) is 4. The molecule has 0 aromatic carbocycles. The van der Waals surface area contributed by atoms with Gasteiger partial charge in [-0.05, 0) is 38.0 Å². The van der Waals surface area contributed by atoms with Crippen molar-refractivity contribution in [3.05, 3.63) is 11.7 Å². The van der Waals surface area contributed by atoms with Gasteiger partial charge in [0.15, 0.2) is 5.82 Å². The van der Waals surface area contributed by atoms with Crippen molar-refractivity contribution in [2.75, 3.05) is 0 Å². The van der Waals surface area contributed by atoms with Gasteiger partial charge in [-0.2, -0.15) is 4.98 Å². The van der Waals surface area contributed by atoms with Crippen LogP contribution in [0.4, 0.5) is 0 Å². The van der Waals surface area contributed by atoms with Gasteiger partial charge in [0.05, 0.1) is 5.54 Å². The summed E-state index contributed by atoms with van der Waals surface area (Å²) in [5.41, 5.74) is 5.84. The predicted molar refractivity (Wildman–Crippen MR) is 71.1 cm³/mol. The van der Waals surface area contributed by atoms with E-state index in [1.807, 2.05) is 0 Å². The quantitative estimate of drug-likeness (QED) is 0.871. The number of nitrogens with two attached hydrogens (primary N) is 1. The lowest BCUT2D eigenvalue weighted by Gasteiger charge is -2.21. The van der Waals surface area contributed by atoms with Crippen LogP contribution < -0.4 is 5.73 Å². The average molecular weight is 251 g/mol. The zero-order valence-electron chi connectivity index (χ0n) is 11.8. The van der Waals surface area contributed by atoms with Gasteiger partial charge in [0, 0.05) is 5.92 Å². The van der Waals surface area contributed by atoms with Crippen LogP contribution in [0.25, 0.3) is 0 Å². The lowest BCUT2D eigenvalue weighted by molar-refractivity contribution is 0.266. The van der Waals surface area contributed by atoms with Gasteiger partial charge in [-0.15, -0.1) is 0 Å². The van der Waals surface area contributed by atoms with Gasteiger partial charge in [-0.25, -0.2) is 0 Å². The van der Waals surface area contributed by atoms with E-state index >= 15 is 0 Å². The molecular weight excluding hydrogens is 226 g/mol. The molecule has 1 aliphatic rings. The zero-order valence-corrected chi connectivity index (χ0v) is 11.8. The van der Waals surface area contributed by atoms with E-state index in [2.05, 4.69) is 30.9 Å². The molecule has 1 aromatic rings. The van der Waals surface area contributed by atoms with E-state index in [1.54, 1.807) is 0 Å². The SMILES string of the molecule is CCC1CCC(c2noc(C(N)(CC)CC)n2)C1. The smallest absolute Gasteiger partial charge is 0.246 e. The minimum absolute atomic E-state index is 0.450. The van der Waals surface area contributed by atoms with Crippen LogP contribution in [0, 0.1) is 5.92 Å². The summed E-state index contributed by atoms with van der Waals surface area (Å²) < 4.78 is 5.41. The van der Waals surface area contributed by atoms with Crippen molar-refractivity contribution in [1.82, 2.24) is 10.1 Å². The van der Waals surface area contributed by atoms with E-state index in [0.717, 1.165) is 24.6 Å². The van der Waals surface area contributed by atoms with Crippen molar-refractivity contribution >= 4 is 0 Å². The van der Waals surface area contributed by atoms with E-state index in [1.165, 1.54) is 25.7 Å². The van der Waals surface area contributed by atoms with Gasteiger partial charge in [-0.1, -0.05) is 32.3 Å². The molecule has 2 N–H and O–H groups in total. The summed E-state index contributed by atoms with van der Waals surface area (Å²) in [6, 6.07) is 0. The monoisotopic (exact) mass is 251 g/mol. The Bertz CT molecular complexity index is 384. The van der Waals surface area contributed by atoms with Crippen LogP contribution >= 0.6 is 0 Å². The van der Waals surface area contributed by atoms with Crippen molar-refractivity contribution in [3.63, 3.8) is 0 Å². The number of aromatic nitrogens is 2. The Morgan fingerprint density at radius 1 is 1.28 bits per heavy atom. The van der Waals surface area contributed by atoms with Gasteiger partial charge < -0.3 is 10.3 Å². The Morgan fingerprint density at radius 2 is 2.00 bits per heavy atom. The molecule has 0 spiro atoms. The molecule has 1 heterocycles. The molecule has 2 unspecified atom stereocenters. The summed E-state index contributed by atoms with van der Waals surface area (Å²) in [4.78, 5) is 4.57. The molecule has 0 radical (unpaired) electrons. The van der Waals surface area contributed by atoms with Crippen molar-refractivity contribution in [2.24, 2.45) is 11.7 Å². The summed E-state index contributed by atoms with van der Waals surface area (Å²) in [5.74, 6) is 2.79. The number of nitrogens with zero attached hydrogens (tertiary/aromatic N) is 2. The third-order valence-corrected chi connectivity index (χ3v) is 4.61. The average Bonchev–Trinajstić information content (AvgIpc) is 3.05. The van der Waals surface area contributed by atoms with E-state index < -0.39 is 5.54 Å². The highest BCUT2D eigenvalue weighted by molar-refractivity contribution is 5.05. The molecule has 1 aromatic heterocycles. The summed E-state index contributed by atoms with van der Waals surface area (Å²) in [6.07, 6.45) is 6.59. The van der Waals surface area contributed by atoms with Crippen LogP contribution in [0.5, 0.6) is 0 Å². The molecule has 4 heteroatoms. The second kappa shape index (κ2) is 5.39. The third-order valence-electron chi connectivity index (χ3n) is 4.61. The van der Waals surface area contributed by atoms with E-state index in [-0.39, 0.29) is 0 Å². The van der Waals surface area contributed by atoms with Crippen LogP contribution in [0.1, 0.15) is 76.9 Å². The van der Waals surface area contributed by atoms with Crippen LogP contribution in [-0.2, 0) is 5.54 Å². The molecule has 1 aliphatic carbocycles. The number of hydrogen-bond donors (Lipinski definition) is 1. The van der Waals surface area contributed by atoms with E-state index in [9.17, 15) is 0 Å². The molecule has 4 nitrogen and oxygen atoms in total. The summed E-state index contributed by atoms with van der Waals surface area (Å²) >= 11 is 0. The second-order valence-corrected chi connectivity index (χ2v) is 5.61. The molecule has 18 heavy (non-hydrogen) atoms. The maximum Gasteiger partial charge on any atom is 0.246 e. The predicted octanol–water partition coefficient (Wildman–Crippen LogP) is 3.34. The molecule has 0 amide bonds. The minimum Gasteiger partial charge on any atom is -0.337 e. The Hall–Kier alpha value is -0.900. The molecular formula is C14H25N3O. The van der Waals surface area contributed by atoms with Crippen LogP contribution in [0.15, 0.2) is 4.52 Å². The highest BCUT2D eigenvalue weighted by Crippen LogP contribution is 2.39. The first-order chi connectivity index (χ1) is 8.62. The molecule has 102 valence electrons. The standard InChI is InChI=1S/C14H25N3O/c1-4-10-7-8-11(9-10)12-16-13(18-17-12)14(15,5-2)6-3/h10-11H,4-9,15H2,1-3H3. The lowest BCUT2D eigenvalue weighted by atomic mass is 9.94. The highest BCUT2D eigenvalue weighted by Gasteiger charge is 2.33. The largest absolute Gasteiger partial charge is 0.337 e. The number of rotatable bonds is 5. The van der Waals surface area contributed by atoms with Crippen molar-refractivity contribution < 1.29 is 4.52 Å². The molecule has 1 fully saturated rings. The lowest BCUT2D eigenvalue weighted by Crippen LogP contribution is -2.35. The minimum atomic E-state index is -0.450. The first-order valence-corrected chi connectivity index (χ1v) is 7.25. The second-order valence-electron chi connectivity index (χ2n) is 5.61. The van der Waals surface area contributed by atoms with Gasteiger partial charge in [0.2, 0.25) is 5.89 Å². The summed E-state index contributed by atoms with van der Waals surface area (Å²) in [5, 5.41) is 4.16. The molecule has 1 saturated carbocycles. The molecule has 0 aliphatic heterocycles. The first kappa shape index (κ1) is 13.5. The molecule has 0 bridgehead atoms. The highest BCUT2D eigenvalue weighted by atomic mass is 16.5. The van der Waals surface area contributed by atoms with Gasteiger partial charge in [-0.3, -0.25) is 0 Å². The van der Waals surface area contributed by atoms with Crippen molar-refractivity contribution in [2.45, 2.75) is 70.8 Å². The van der Waals surface area contributed by atoms with Gasteiger partial charge >= 0.3 is 0 Å². The van der Waals surface area contributed by atoms with Crippen LogP contribution in [0.2, 0.25) is 0 Å². The first-order valence-electron chi connectivity index (χ1n) is 7.25. The van der Waals surface area contributed by atoms with Gasteiger partial charge in [0.25, 0.3) is 0 Å². The van der Waals surface area contributed by atoms with Crippen LogP contribution in [0.3, 0.4) is 0 Å². The fraction of sp³-hybridized carbons (Fsp3) is 0.857. The van der Waals surface area contributed by atoms with Crippen molar-refractivity contribution in [1.29, 1.82) is 0 Å². The normalized spacial score (nSPS) is 24.7. The Kier molecular flexibility index (Phi) is 4.05. The third kappa shape index (κ3) is 2.44. The molecule has 0 saturated heterocycles. The fourth-order valence-corrected chi connectivity index (χ4v) is 2.84. The summed E-state index contributed by atoms with van der Waals surface area (Å²) in [6.45, 7) is 6.39. The molecule has 2 atom stereocenters. The Labute approximate surface area is 109 Å². The summed E-state index contributed by atoms with van der Waals surface area (Å²) in [7, 11) is 0. The van der Waals surface area contributed by atoms with Crippen molar-refractivity contribution in [3.8, 4) is 0 Å². The topological polar surface area (TPSA) is 64.9 Å². The van der Waals surface area contributed by atoms with Crippen LogP contribution in [-0.4, -0.2) is 10.1 Å². The van der Waals surface area contributed by atoms with E-state index in [0.29, 0.717) is 11.8 Å². The Balaban J connectivity index is 2.11. The fourth-order valence-electron chi connectivity index (χ4n) is 2.84. The Morgan fingerprint density at radius 3 is 2.56 bits per heavy atom. The molecule has 2 rings (SSSR count). The maximum absolute atomic E-state index is 6.29.